The third kappa shape index (κ3) is 4.56. The first-order valence-electron chi connectivity index (χ1n) is 8.50. The van der Waals surface area contributed by atoms with Gasteiger partial charge in [0.05, 0.1) is 11.3 Å². The van der Waals surface area contributed by atoms with Gasteiger partial charge in [0.2, 0.25) is 0 Å². The normalized spacial score (nSPS) is 10.0. The smallest absolute Gasteiger partial charge is 0.255 e. The molecular weight excluding hydrogens is 374 g/mol. The summed E-state index contributed by atoms with van der Waals surface area (Å²) in [5, 5.41) is 15.2. The second kappa shape index (κ2) is 8.85. The summed E-state index contributed by atoms with van der Waals surface area (Å²) in [6.07, 6.45) is 0. The molecule has 5 nitrogen and oxygen atoms in total. The van der Waals surface area contributed by atoms with Gasteiger partial charge in [-0.15, -0.1) is 0 Å². The van der Waals surface area contributed by atoms with Crippen LogP contribution in [0.5, 0.6) is 0 Å². The lowest BCUT2D eigenvalue weighted by molar-refractivity contribution is 0.0949. The minimum Gasteiger partial charge on any atom is -0.348 e. The fourth-order valence-electron chi connectivity index (χ4n) is 2.58. The number of rotatable bonds is 5. The average molecular weight is 390 g/mol. The van der Waals surface area contributed by atoms with Crippen LogP contribution in [-0.4, -0.2) is 11.8 Å². The molecule has 2 N–H and O–H groups in total. The zero-order valence-corrected chi connectivity index (χ0v) is 15.5. The van der Waals surface area contributed by atoms with Crippen molar-refractivity contribution in [2.45, 2.75) is 6.54 Å². The van der Waals surface area contributed by atoms with Crippen LogP contribution in [-0.2, 0) is 6.54 Å². The highest BCUT2D eigenvalue weighted by Gasteiger charge is 2.11. The Morgan fingerprint density at radius 1 is 0.857 bits per heavy atom. The van der Waals surface area contributed by atoms with Crippen molar-refractivity contribution in [1.29, 1.82) is 5.26 Å². The Balaban J connectivity index is 1.64. The monoisotopic (exact) mass is 389 g/mol. The quantitative estimate of drug-likeness (QED) is 0.678. The molecule has 0 aliphatic heterocycles. The third-order valence-electron chi connectivity index (χ3n) is 4.10. The highest BCUT2D eigenvalue weighted by atomic mass is 35.5. The van der Waals surface area contributed by atoms with Gasteiger partial charge in [0.25, 0.3) is 11.8 Å². The van der Waals surface area contributed by atoms with Crippen molar-refractivity contribution in [3.63, 3.8) is 0 Å². The van der Waals surface area contributed by atoms with Gasteiger partial charge in [-0.3, -0.25) is 9.59 Å². The number of nitriles is 1. The summed E-state index contributed by atoms with van der Waals surface area (Å²) < 4.78 is 0. The third-order valence-corrected chi connectivity index (χ3v) is 4.47. The molecule has 0 radical (unpaired) electrons. The molecular formula is C22H16ClN3O2. The molecule has 0 aliphatic carbocycles. The largest absolute Gasteiger partial charge is 0.348 e. The van der Waals surface area contributed by atoms with Gasteiger partial charge in [-0.2, -0.15) is 5.26 Å². The number of nitrogens with zero attached hydrogens (tertiary/aromatic N) is 1. The van der Waals surface area contributed by atoms with Crippen LogP contribution in [0.25, 0.3) is 0 Å². The maximum atomic E-state index is 12.4. The number of para-hydroxylation sites is 1. The number of nitrogens with one attached hydrogen (secondary N) is 2. The van der Waals surface area contributed by atoms with E-state index in [0.717, 1.165) is 5.56 Å². The SMILES string of the molecule is N#Cc1ccccc1NC(=O)c1ccc(C(=O)NCc2ccccc2Cl)cc1. The first kappa shape index (κ1) is 19.2. The maximum Gasteiger partial charge on any atom is 0.255 e. The van der Waals surface area contributed by atoms with Crippen molar-refractivity contribution < 1.29 is 9.59 Å². The van der Waals surface area contributed by atoms with Crippen molar-refractivity contribution in [2.75, 3.05) is 5.32 Å². The van der Waals surface area contributed by atoms with E-state index in [4.69, 9.17) is 16.9 Å². The van der Waals surface area contributed by atoms with E-state index < -0.39 is 0 Å². The number of benzene rings is 3. The molecule has 28 heavy (non-hydrogen) atoms. The molecule has 138 valence electrons. The van der Waals surface area contributed by atoms with E-state index in [2.05, 4.69) is 10.6 Å². The van der Waals surface area contributed by atoms with Crippen molar-refractivity contribution in [1.82, 2.24) is 5.32 Å². The fourth-order valence-corrected chi connectivity index (χ4v) is 2.78. The van der Waals surface area contributed by atoms with E-state index in [0.29, 0.717) is 33.9 Å². The first-order chi connectivity index (χ1) is 13.6. The van der Waals surface area contributed by atoms with Crippen LogP contribution in [0.1, 0.15) is 31.8 Å². The predicted octanol–water partition coefficient (Wildman–Crippen LogP) is 4.39. The van der Waals surface area contributed by atoms with Gasteiger partial charge in [-0.25, -0.2) is 0 Å². The van der Waals surface area contributed by atoms with Crippen LogP contribution in [0, 0.1) is 11.3 Å². The molecule has 0 heterocycles. The van der Waals surface area contributed by atoms with E-state index in [1.807, 2.05) is 24.3 Å². The maximum absolute atomic E-state index is 12.4. The number of amides is 2. The van der Waals surface area contributed by atoms with Gasteiger partial charge >= 0.3 is 0 Å². The second-order valence-electron chi connectivity index (χ2n) is 5.96. The molecule has 0 unspecified atom stereocenters. The molecule has 6 heteroatoms. The van der Waals surface area contributed by atoms with Crippen LogP contribution in [0.15, 0.2) is 72.8 Å². The molecule has 0 aromatic heterocycles. The molecule has 2 amide bonds. The van der Waals surface area contributed by atoms with Crippen molar-refractivity contribution in [3.8, 4) is 6.07 Å². The number of hydrogen-bond acceptors (Lipinski definition) is 3. The fraction of sp³-hybridized carbons (Fsp3) is 0.0455. The summed E-state index contributed by atoms with van der Waals surface area (Å²) in [7, 11) is 0. The van der Waals surface area contributed by atoms with Crippen molar-refractivity contribution in [3.05, 3.63) is 100 Å². The summed E-state index contributed by atoms with van der Waals surface area (Å²) >= 11 is 6.08. The van der Waals surface area contributed by atoms with E-state index in [1.165, 1.54) is 0 Å². The zero-order valence-electron chi connectivity index (χ0n) is 14.8. The lowest BCUT2D eigenvalue weighted by atomic mass is 10.1. The summed E-state index contributed by atoms with van der Waals surface area (Å²) in [4.78, 5) is 24.7. The molecule has 0 aliphatic rings. The van der Waals surface area contributed by atoms with Gasteiger partial charge in [-0.1, -0.05) is 41.9 Å². The van der Waals surface area contributed by atoms with E-state index in [1.54, 1.807) is 54.6 Å². The van der Waals surface area contributed by atoms with Gasteiger partial charge in [0.15, 0.2) is 0 Å². The Bertz CT molecular complexity index is 1060. The average Bonchev–Trinajstić information content (AvgIpc) is 2.73. The molecule has 3 aromatic rings. The van der Waals surface area contributed by atoms with E-state index in [-0.39, 0.29) is 11.8 Å². The number of anilines is 1. The molecule has 0 atom stereocenters. The minimum absolute atomic E-state index is 0.262. The first-order valence-corrected chi connectivity index (χ1v) is 8.88. The van der Waals surface area contributed by atoms with Crippen molar-refractivity contribution >= 4 is 29.1 Å². The highest BCUT2D eigenvalue weighted by Crippen LogP contribution is 2.16. The number of hydrogen-bond donors (Lipinski definition) is 2. The number of carbonyl (C=O) groups is 2. The summed E-state index contributed by atoms with van der Waals surface area (Å²) in [5.74, 6) is -0.618. The van der Waals surface area contributed by atoms with Crippen LogP contribution in [0.4, 0.5) is 5.69 Å². The van der Waals surface area contributed by atoms with Gasteiger partial charge in [0, 0.05) is 22.7 Å². The van der Waals surface area contributed by atoms with Crippen LogP contribution in [0.2, 0.25) is 5.02 Å². The minimum atomic E-state index is -0.356. The van der Waals surface area contributed by atoms with Crippen LogP contribution in [0.3, 0.4) is 0 Å². The molecule has 0 bridgehead atoms. The standard InChI is InChI=1S/C22H16ClN3O2/c23-19-7-3-1-6-18(19)14-25-21(27)15-9-11-16(12-10-15)22(28)26-20-8-4-2-5-17(20)13-24/h1-12H,14H2,(H,25,27)(H,26,28). The Labute approximate surface area is 167 Å². The summed E-state index contributed by atoms with van der Waals surface area (Å²) in [6.45, 7) is 0.311. The van der Waals surface area contributed by atoms with Gasteiger partial charge < -0.3 is 10.6 Å². The topological polar surface area (TPSA) is 82.0 Å². The Morgan fingerprint density at radius 3 is 2.14 bits per heavy atom. The lowest BCUT2D eigenvalue weighted by Gasteiger charge is -2.09. The molecule has 0 spiro atoms. The second-order valence-corrected chi connectivity index (χ2v) is 6.37. The molecule has 0 saturated carbocycles. The van der Waals surface area contributed by atoms with E-state index >= 15 is 0 Å². The highest BCUT2D eigenvalue weighted by molar-refractivity contribution is 6.31. The lowest BCUT2D eigenvalue weighted by Crippen LogP contribution is -2.23. The van der Waals surface area contributed by atoms with Crippen molar-refractivity contribution in [2.24, 2.45) is 0 Å². The summed E-state index contributed by atoms with van der Waals surface area (Å²) in [6, 6.07) is 22.3. The summed E-state index contributed by atoms with van der Waals surface area (Å²) in [5.41, 5.74) is 2.46. The molecule has 3 rings (SSSR count). The Kier molecular flexibility index (Phi) is 6.05. The van der Waals surface area contributed by atoms with Crippen LogP contribution < -0.4 is 10.6 Å². The molecule has 3 aromatic carbocycles. The Hall–Kier alpha value is -3.62. The van der Waals surface area contributed by atoms with E-state index in [9.17, 15) is 9.59 Å². The zero-order chi connectivity index (χ0) is 19.9. The molecule has 0 fully saturated rings. The Morgan fingerprint density at radius 2 is 1.46 bits per heavy atom. The number of carbonyl (C=O) groups excluding carboxylic acids is 2. The molecule has 0 saturated heterocycles. The van der Waals surface area contributed by atoms with Gasteiger partial charge in [-0.05, 0) is 48.0 Å². The van der Waals surface area contributed by atoms with Gasteiger partial charge in [0.1, 0.15) is 6.07 Å². The predicted molar refractivity (Wildman–Crippen MR) is 108 cm³/mol. The number of halogens is 1. The van der Waals surface area contributed by atoms with Crippen LogP contribution >= 0.6 is 11.6 Å².